The first-order chi connectivity index (χ1) is 9.29. The van der Waals surface area contributed by atoms with E-state index in [-0.39, 0.29) is 39.1 Å². The number of nitrogens with one attached hydrogen (secondary N) is 2. The zero-order valence-corrected chi connectivity index (χ0v) is 12.6. The Morgan fingerprint density at radius 3 is 2.55 bits per heavy atom. The fraction of sp³-hybridized carbons (Fsp3) is 0.364. The topological polar surface area (TPSA) is 101 Å². The minimum Gasteiger partial charge on any atom is -0.398 e. The van der Waals surface area contributed by atoms with Crippen LogP contribution in [0, 0.1) is 0 Å². The van der Waals surface area contributed by atoms with Crippen LogP contribution in [0.5, 0.6) is 0 Å². The van der Waals surface area contributed by atoms with E-state index in [0.717, 1.165) is 12.8 Å². The van der Waals surface area contributed by atoms with Crippen LogP contribution in [0.1, 0.15) is 12.8 Å². The third-order valence-electron chi connectivity index (χ3n) is 2.67. The van der Waals surface area contributed by atoms with Crippen molar-refractivity contribution in [2.75, 3.05) is 12.3 Å². The van der Waals surface area contributed by atoms with Gasteiger partial charge in [0.2, 0.25) is 15.9 Å². The van der Waals surface area contributed by atoms with Gasteiger partial charge in [-0.25, -0.2) is 13.1 Å². The summed E-state index contributed by atoms with van der Waals surface area (Å²) in [5, 5.41) is 2.81. The lowest BCUT2D eigenvalue weighted by Crippen LogP contribution is -2.38. The molecule has 0 saturated heterocycles. The van der Waals surface area contributed by atoms with Gasteiger partial charge < -0.3 is 11.1 Å². The van der Waals surface area contributed by atoms with Gasteiger partial charge in [-0.2, -0.15) is 0 Å². The minimum atomic E-state index is -3.98. The highest BCUT2D eigenvalue weighted by atomic mass is 35.5. The second kappa shape index (κ2) is 5.77. The van der Waals surface area contributed by atoms with E-state index in [1.807, 2.05) is 0 Å². The van der Waals surface area contributed by atoms with Gasteiger partial charge in [0.1, 0.15) is 4.90 Å². The van der Waals surface area contributed by atoms with Gasteiger partial charge in [0, 0.05) is 11.1 Å². The maximum absolute atomic E-state index is 12.1. The molecule has 0 spiro atoms. The van der Waals surface area contributed by atoms with Crippen LogP contribution in [0.15, 0.2) is 17.0 Å². The van der Waals surface area contributed by atoms with E-state index in [0.29, 0.717) is 0 Å². The van der Waals surface area contributed by atoms with Gasteiger partial charge >= 0.3 is 0 Å². The molecule has 9 heteroatoms. The van der Waals surface area contributed by atoms with Crippen molar-refractivity contribution >= 4 is 44.8 Å². The number of carbonyl (C=O) groups is 1. The standard InChI is InChI=1S/C11H13Cl2N3O3S/c12-6-3-8(13)11(9(14)4-6)20(18,19)15-5-10(17)16-7-1-2-7/h3-4,7,15H,1-2,5,14H2,(H,16,17). The van der Waals surface area contributed by atoms with Crippen molar-refractivity contribution < 1.29 is 13.2 Å². The summed E-state index contributed by atoms with van der Waals surface area (Å²) in [4.78, 5) is 11.2. The summed E-state index contributed by atoms with van der Waals surface area (Å²) in [6, 6.07) is 2.72. The van der Waals surface area contributed by atoms with E-state index in [1.165, 1.54) is 12.1 Å². The maximum Gasteiger partial charge on any atom is 0.244 e. The fourth-order valence-electron chi connectivity index (χ4n) is 1.60. The van der Waals surface area contributed by atoms with E-state index in [4.69, 9.17) is 28.9 Å². The summed E-state index contributed by atoms with van der Waals surface area (Å²) in [6.07, 6.45) is 1.85. The van der Waals surface area contributed by atoms with Crippen LogP contribution in [0.3, 0.4) is 0 Å². The molecule has 6 nitrogen and oxygen atoms in total. The number of amides is 1. The maximum atomic E-state index is 12.1. The number of nitrogen functional groups attached to an aromatic ring is 1. The third-order valence-corrected chi connectivity index (χ3v) is 4.82. The molecule has 20 heavy (non-hydrogen) atoms. The molecule has 1 aromatic rings. The second-order valence-corrected chi connectivity index (χ2v) is 7.02. The van der Waals surface area contributed by atoms with Crippen molar-refractivity contribution in [3.05, 3.63) is 22.2 Å². The first kappa shape index (κ1) is 15.4. The summed E-state index contributed by atoms with van der Waals surface area (Å²) in [5.74, 6) is -0.389. The number of halogens is 2. The smallest absolute Gasteiger partial charge is 0.244 e. The molecule has 1 saturated carbocycles. The highest BCUT2D eigenvalue weighted by Crippen LogP contribution is 2.30. The number of rotatable bonds is 5. The molecule has 0 atom stereocenters. The van der Waals surface area contributed by atoms with Crippen LogP contribution in [0.4, 0.5) is 5.69 Å². The molecule has 0 bridgehead atoms. The number of sulfonamides is 1. The Bertz CT molecular complexity index is 621. The van der Waals surface area contributed by atoms with E-state index in [2.05, 4.69) is 10.0 Å². The van der Waals surface area contributed by atoms with Crippen LogP contribution in [-0.2, 0) is 14.8 Å². The molecule has 0 unspecified atom stereocenters. The van der Waals surface area contributed by atoms with Gasteiger partial charge in [-0.3, -0.25) is 4.79 Å². The Morgan fingerprint density at radius 1 is 1.35 bits per heavy atom. The third kappa shape index (κ3) is 3.76. The van der Waals surface area contributed by atoms with Crippen LogP contribution < -0.4 is 15.8 Å². The zero-order valence-electron chi connectivity index (χ0n) is 10.3. The molecule has 0 aliphatic heterocycles. The molecule has 0 radical (unpaired) electrons. The molecular formula is C11H13Cl2N3O3S. The fourth-order valence-corrected chi connectivity index (χ4v) is 3.57. The Hall–Kier alpha value is -1.02. The molecule has 0 aromatic heterocycles. The van der Waals surface area contributed by atoms with Gasteiger partial charge in [0.25, 0.3) is 0 Å². The quantitative estimate of drug-likeness (QED) is 0.701. The Balaban J connectivity index is 2.11. The lowest BCUT2D eigenvalue weighted by Gasteiger charge is -2.11. The van der Waals surface area contributed by atoms with Gasteiger partial charge in [0.05, 0.1) is 17.3 Å². The van der Waals surface area contributed by atoms with Crippen LogP contribution in [0.2, 0.25) is 10.0 Å². The van der Waals surface area contributed by atoms with Crippen molar-refractivity contribution in [3.63, 3.8) is 0 Å². The Morgan fingerprint density at radius 2 is 2.00 bits per heavy atom. The van der Waals surface area contributed by atoms with Gasteiger partial charge in [0.15, 0.2) is 0 Å². The SMILES string of the molecule is Nc1cc(Cl)cc(Cl)c1S(=O)(=O)NCC(=O)NC1CC1. The Labute approximate surface area is 126 Å². The lowest BCUT2D eigenvalue weighted by molar-refractivity contribution is -0.120. The number of hydrogen-bond acceptors (Lipinski definition) is 4. The van der Waals surface area contributed by atoms with Crippen molar-refractivity contribution in [2.24, 2.45) is 0 Å². The molecule has 1 amide bonds. The monoisotopic (exact) mass is 337 g/mol. The molecule has 110 valence electrons. The predicted octanol–water partition coefficient (Wildman–Crippen LogP) is 1.13. The summed E-state index contributed by atoms with van der Waals surface area (Å²) in [5.41, 5.74) is 5.55. The summed E-state index contributed by atoms with van der Waals surface area (Å²) < 4.78 is 26.3. The van der Waals surface area contributed by atoms with Gasteiger partial charge in [-0.05, 0) is 25.0 Å². The highest BCUT2D eigenvalue weighted by molar-refractivity contribution is 7.89. The largest absolute Gasteiger partial charge is 0.398 e. The van der Waals surface area contributed by atoms with Crippen LogP contribution in [0.25, 0.3) is 0 Å². The normalized spacial score (nSPS) is 15.1. The van der Waals surface area contributed by atoms with Gasteiger partial charge in [-0.1, -0.05) is 23.2 Å². The molecule has 1 aromatic carbocycles. The highest BCUT2D eigenvalue weighted by Gasteiger charge is 2.26. The number of hydrogen-bond donors (Lipinski definition) is 3. The molecular weight excluding hydrogens is 325 g/mol. The first-order valence-corrected chi connectivity index (χ1v) is 8.07. The molecule has 1 fully saturated rings. The summed E-state index contributed by atoms with van der Waals surface area (Å²) >= 11 is 11.6. The van der Waals surface area contributed by atoms with Crippen LogP contribution >= 0.6 is 23.2 Å². The lowest BCUT2D eigenvalue weighted by atomic mass is 10.3. The average molecular weight is 338 g/mol. The van der Waals surface area contributed by atoms with Crippen molar-refractivity contribution in [3.8, 4) is 0 Å². The van der Waals surface area contributed by atoms with Crippen molar-refractivity contribution in [1.82, 2.24) is 10.0 Å². The number of anilines is 1. The van der Waals surface area contributed by atoms with Crippen LogP contribution in [-0.4, -0.2) is 26.9 Å². The molecule has 2 rings (SSSR count). The molecule has 4 N–H and O–H groups in total. The predicted molar refractivity (Wildman–Crippen MR) is 77.2 cm³/mol. The number of benzene rings is 1. The molecule has 1 aliphatic carbocycles. The first-order valence-electron chi connectivity index (χ1n) is 5.83. The average Bonchev–Trinajstić information content (AvgIpc) is 3.08. The van der Waals surface area contributed by atoms with Crippen molar-refractivity contribution in [2.45, 2.75) is 23.8 Å². The second-order valence-electron chi connectivity index (χ2n) is 4.47. The zero-order chi connectivity index (χ0) is 14.9. The number of nitrogens with two attached hydrogens (primary N) is 1. The van der Waals surface area contributed by atoms with E-state index in [9.17, 15) is 13.2 Å². The van der Waals surface area contributed by atoms with Gasteiger partial charge in [-0.15, -0.1) is 0 Å². The van der Waals surface area contributed by atoms with Crippen molar-refractivity contribution in [1.29, 1.82) is 0 Å². The van der Waals surface area contributed by atoms with E-state index in [1.54, 1.807) is 0 Å². The summed E-state index contributed by atoms with van der Waals surface area (Å²) in [6.45, 7) is -0.364. The number of carbonyl (C=O) groups excluding carboxylic acids is 1. The Kier molecular flexibility index (Phi) is 4.43. The minimum absolute atomic E-state index is 0.0717. The summed E-state index contributed by atoms with van der Waals surface area (Å²) in [7, 11) is -3.98. The van der Waals surface area contributed by atoms with E-state index >= 15 is 0 Å². The van der Waals surface area contributed by atoms with E-state index < -0.39 is 10.0 Å². The molecule has 1 aliphatic rings. The molecule has 0 heterocycles.